The number of carbonyl (C=O) groups excluding carboxylic acids is 2. The fourth-order valence-electron chi connectivity index (χ4n) is 2.20. The number of primary amides is 1. The summed E-state index contributed by atoms with van der Waals surface area (Å²) in [5, 5.41) is 0. The predicted molar refractivity (Wildman–Crippen MR) is 77.2 cm³/mol. The Kier molecular flexibility index (Phi) is 6.66. The molecule has 2 amide bonds. The molecule has 0 spiro atoms. The third-order valence-corrected chi connectivity index (χ3v) is 3.35. The molecule has 4 N–H and O–H groups in total. The minimum atomic E-state index is -0.311. The van der Waals surface area contributed by atoms with Crippen molar-refractivity contribution in [2.45, 2.75) is 38.3 Å². The Labute approximate surface area is 119 Å². The van der Waals surface area contributed by atoms with Crippen LogP contribution in [-0.4, -0.2) is 40.8 Å². The van der Waals surface area contributed by atoms with Crippen molar-refractivity contribution in [3.05, 3.63) is 30.1 Å². The summed E-state index contributed by atoms with van der Waals surface area (Å²) in [4.78, 5) is 26.4. The van der Waals surface area contributed by atoms with E-state index in [2.05, 4.69) is 11.9 Å². The van der Waals surface area contributed by atoms with Gasteiger partial charge in [0.2, 0.25) is 0 Å². The second-order valence-electron chi connectivity index (χ2n) is 4.78. The first-order valence-electron chi connectivity index (χ1n) is 6.75. The Morgan fingerprint density at radius 1 is 1.50 bits per heavy atom. The number of amides is 2. The molecule has 0 aliphatic carbocycles. The Morgan fingerprint density at radius 3 is 2.60 bits per heavy atom. The van der Waals surface area contributed by atoms with E-state index < -0.39 is 0 Å². The Hall–Kier alpha value is -1.95. The fourth-order valence-corrected chi connectivity index (χ4v) is 2.20. The first kappa shape index (κ1) is 16.1. The van der Waals surface area contributed by atoms with Gasteiger partial charge in [-0.25, -0.2) is 4.79 Å². The molecule has 20 heavy (non-hydrogen) atoms. The maximum atomic E-state index is 10.9. The van der Waals surface area contributed by atoms with Crippen LogP contribution in [0.3, 0.4) is 0 Å². The van der Waals surface area contributed by atoms with E-state index in [9.17, 15) is 9.59 Å². The van der Waals surface area contributed by atoms with Crippen LogP contribution in [0.2, 0.25) is 0 Å². The lowest BCUT2D eigenvalue weighted by molar-refractivity contribution is 0.112. The number of nitrogens with zero attached hydrogens (tertiary/aromatic N) is 2. The second-order valence-corrected chi connectivity index (χ2v) is 4.78. The van der Waals surface area contributed by atoms with Crippen molar-refractivity contribution >= 4 is 12.3 Å². The summed E-state index contributed by atoms with van der Waals surface area (Å²) in [6.07, 6.45) is 6.67. The van der Waals surface area contributed by atoms with Crippen molar-refractivity contribution in [1.29, 1.82) is 0 Å². The maximum absolute atomic E-state index is 10.9. The molecular weight excluding hydrogens is 256 g/mol. The molecule has 1 aliphatic rings. The highest BCUT2D eigenvalue weighted by molar-refractivity contribution is 5.74. The van der Waals surface area contributed by atoms with Crippen molar-refractivity contribution in [2.24, 2.45) is 11.5 Å². The number of piperidine rings is 1. The van der Waals surface area contributed by atoms with E-state index in [1.807, 2.05) is 0 Å². The van der Waals surface area contributed by atoms with Gasteiger partial charge in [-0.05, 0) is 31.4 Å². The zero-order chi connectivity index (χ0) is 15.0. The average molecular weight is 278 g/mol. The minimum absolute atomic E-state index is 0.241. The SMILES string of the molecule is CCC1CC(N)CCN1C(N)=O.O=Cc1ccncc1. The van der Waals surface area contributed by atoms with Gasteiger partial charge in [-0.1, -0.05) is 6.92 Å². The number of aromatic nitrogens is 1. The average Bonchev–Trinajstić information content (AvgIpc) is 2.48. The number of nitrogens with two attached hydrogens (primary N) is 2. The molecule has 1 saturated heterocycles. The van der Waals surface area contributed by atoms with Crippen LogP contribution in [0.4, 0.5) is 4.79 Å². The number of likely N-dealkylation sites (tertiary alicyclic amines) is 1. The quantitative estimate of drug-likeness (QED) is 0.792. The second kappa shape index (κ2) is 8.27. The lowest BCUT2D eigenvalue weighted by Crippen LogP contribution is -2.51. The number of rotatable bonds is 2. The monoisotopic (exact) mass is 278 g/mol. The van der Waals surface area contributed by atoms with Gasteiger partial charge >= 0.3 is 6.03 Å². The number of carbonyl (C=O) groups is 2. The molecule has 1 aromatic rings. The molecule has 0 radical (unpaired) electrons. The standard InChI is InChI=1S/C8H17N3O.C6H5NO/c1-2-7-5-6(9)3-4-11(7)8(10)12;8-5-6-1-3-7-4-2-6/h6-7H,2-5,9H2,1H3,(H2,10,12);1-5H. The number of urea groups is 1. The molecule has 1 fully saturated rings. The normalized spacial score (nSPS) is 21.6. The van der Waals surface area contributed by atoms with E-state index in [0.717, 1.165) is 32.1 Å². The molecule has 0 bridgehead atoms. The summed E-state index contributed by atoms with van der Waals surface area (Å²) >= 11 is 0. The van der Waals surface area contributed by atoms with E-state index in [0.29, 0.717) is 5.56 Å². The van der Waals surface area contributed by atoms with E-state index in [4.69, 9.17) is 11.5 Å². The summed E-state index contributed by atoms with van der Waals surface area (Å²) in [6, 6.07) is 3.51. The summed E-state index contributed by atoms with van der Waals surface area (Å²) in [6.45, 7) is 2.77. The van der Waals surface area contributed by atoms with E-state index in [-0.39, 0.29) is 18.1 Å². The van der Waals surface area contributed by atoms with Gasteiger partial charge in [0.05, 0.1) is 0 Å². The molecule has 2 rings (SSSR count). The van der Waals surface area contributed by atoms with Crippen LogP contribution in [0.15, 0.2) is 24.5 Å². The number of hydrogen-bond donors (Lipinski definition) is 2. The highest BCUT2D eigenvalue weighted by atomic mass is 16.2. The van der Waals surface area contributed by atoms with Gasteiger partial charge in [0.15, 0.2) is 0 Å². The summed E-state index contributed by atoms with van der Waals surface area (Å²) in [5.74, 6) is 0. The number of hydrogen-bond acceptors (Lipinski definition) is 4. The molecule has 1 aromatic heterocycles. The van der Waals surface area contributed by atoms with Gasteiger partial charge in [0.25, 0.3) is 0 Å². The van der Waals surface area contributed by atoms with Crippen LogP contribution < -0.4 is 11.5 Å². The molecule has 0 saturated carbocycles. The van der Waals surface area contributed by atoms with Crippen molar-refractivity contribution in [3.8, 4) is 0 Å². The van der Waals surface area contributed by atoms with Gasteiger partial charge in [0, 0.05) is 36.6 Å². The summed E-state index contributed by atoms with van der Waals surface area (Å²) < 4.78 is 0. The first-order valence-corrected chi connectivity index (χ1v) is 6.75. The molecular formula is C14H22N4O2. The summed E-state index contributed by atoms with van der Waals surface area (Å²) in [7, 11) is 0. The zero-order valence-electron chi connectivity index (χ0n) is 11.7. The third kappa shape index (κ3) is 4.97. The molecule has 2 heterocycles. The smallest absolute Gasteiger partial charge is 0.315 e. The summed E-state index contributed by atoms with van der Waals surface area (Å²) in [5.41, 5.74) is 11.7. The van der Waals surface area contributed by atoms with Gasteiger partial charge in [0.1, 0.15) is 6.29 Å². The molecule has 2 atom stereocenters. The van der Waals surface area contributed by atoms with E-state index in [1.54, 1.807) is 29.4 Å². The van der Waals surface area contributed by atoms with Gasteiger partial charge in [-0.3, -0.25) is 9.78 Å². The lowest BCUT2D eigenvalue weighted by atomic mass is 9.96. The van der Waals surface area contributed by atoms with Crippen molar-refractivity contribution in [3.63, 3.8) is 0 Å². The fraction of sp³-hybridized carbons (Fsp3) is 0.500. The number of aldehydes is 1. The van der Waals surface area contributed by atoms with E-state index in [1.165, 1.54) is 0 Å². The minimum Gasteiger partial charge on any atom is -0.351 e. The Bertz CT molecular complexity index is 424. The number of pyridine rings is 1. The molecule has 6 heteroatoms. The Morgan fingerprint density at radius 2 is 2.15 bits per heavy atom. The van der Waals surface area contributed by atoms with Crippen molar-refractivity contribution in [1.82, 2.24) is 9.88 Å². The van der Waals surface area contributed by atoms with Crippen LogP contribution in [0, 0.1) is 0 Å². The van der Waals surface area contributed by atoms with Crippen LogP contribution >= 0.6 is 0 Å². The van der Waals surface area contributed by atoms with Crippen LogP contribution in [0.1, 0.15) is 36.5 Å². The van der Waals surface area contributed by atoms with Gasteiger partial charge in [-0.2, -0.15) is 0 Å². The largest absolute Gasteiger partial charge is 0.351 e. The lowest BCUT2D eigenvalue weighted by Gasteiger charge is -2.36. The maximum Gasteiger partial charge on any atom is 0.315 e. The molecule has 1 aliphatic heterocycles. The molecule has 110 valence electrons. The topological polar surface area (TPSA) is 102 Å². The molecule has 2 unspecified atom stereocenters. The van der Waals surface area contributed by atoms with Crippen LogP contribution in [0.5, 0.6) is 0 Å². The van der Waals surface area contributed by atoms with Crippen molar-refractivity contribution < 1.29 is 9.59 Å². The van der Waals surface area contributed by atoms with Crippen molar-refractivity contribution in [2.75, 3.05) is 6.54 Å². The highest BCUT2D eigenvalue weighted by Crippen LogP contribution is 2.18. The zero-order valence-corrected chi connectivity index (χ0v) is 11.7. The Balaban J connectivity index is 0.000000217. The van der Waals surface area contributed by atoms with Crippen LogP contribution in [0.25, 0.3) is 0 Å². The predicted octanol–water partition coefficient (Wildman–Crippen LogP) is 1.16. The van der Waals surface area contributed by atoms with Gasteiger partial charge in [-0.15, -0.1) is 0 Å². The third-order valence-electron chi connectivity index (χ3n) is 3.35. The molecule has 6 nitrogen and oxygen atoms in total. The first-order chi connectivity index (χ1) is 9.58. The van der Waals surface area contributed by atoms with E-state index >= 15 is 0 Å². The van der Waals surface area contributed by atoms with Crippen LogP contribution in [-0.2, 0) is 0 Å². The molecule has 0 aromatic carbocycles. The highest BCUT2D eigenvalue weighted by Gasteiger charge is 2.27. The van der Waals surface area contributed by atoms with Gasteiger partial charge < -0.3 is 16.4 Å².